The summed E-state index contributed by atoms with van der Waals surface area (Å²) < 4.78 is 0. The van der Waals surface area contributed by atoms with E-state index in [0.717, 1.165) is 18.7 Å². The lowest BCUT2D eigenvalue weighted by molar-refractivity contribution is 0.442. The van der Waals surface area contributed by atoms with Crippen molar-refractivity contribution in [2.24, 2.45) is 5.92 Å². The Morgan fingerprint density at radius 1 is 1.44 bits per heavy atom. The van der Waals surface area contributed by atoms with Crippen molar-refractivity contribution < 1.29 is 0 Å². The minimum absolute atomic E-state index is 0.378. The van der Waals surface area contributed by atoms with Crippen molar-refractivity contribution in [3.63, 3.8) is 0 Å². The fourth-order valence-corrected chi connectivity index (χ4v) is 1.95. The van der Waals surface area contributed by atoms with Crippen LogP contribution < -0.4 is 5.32 Å². The van der Waals surface area contributed by atoms with Crippen LogP contribution in [0.15, 0.2) is 18.3 Å². The van der Waals surface area contributed by atoms with Gasteiger partial charge in [0.2, 0.25) is 0 Å². The summed E-state index contributed by atoms with van der Waals surface area (Å²) in [7, 11) is 0. The van der Waals surface area contributed by atoms with Gasteiger partial charge in [0.1, 0.15) is 0 Å². The van der Waals surface area contributed by atoms with Crippen molar-refractivity contribution in [2.45, 2.75) is 39.8 Å². The summed E-state index contributed by atoms with van der Waals surface area (Å²) in [5.41, 5.74) is 2.34. The molecular formula is C13H21ClN2. The SMILES string of the molecule is Cc1cccnc1CNC(CCl)CC(C)C. The van der Waals surface area contributed by atoms with E-state index in [0.29, 0.717) is 17.8 Å². The molecule has 1 N–H and O–H groups in total. The topological polar surface area (TPSA) is 24.9 Å². The van der Waals surface area contributed by atoms with Crippen LogP contribution in [0.3, 0.4) is 0 Å². The normalized spacial score (nSPS) is 13.1. The Bertz CT molecular complexity index is 313. The lowest BCUT2D eigenvalue weighted by atomic mass is 10.0. The maximum Gasteiger partial charge on any atom is 0.0570 e. The molecule has 0 aliphatic carbocycles. The first-order valence-electron chi connectivity index (χ1n) is 5.83. The molecule has 1 aromatic rings. The van der Waals surface area contributed by atoms with E-state index in [4.69, 9.17) is 11.6 Å². The van der Waals surface area contributed by atoms with Crippen molar-refractivity contribution >= 4 is 11.6 Å². The van der Waals surface area contributed by atoms with Gasteiger partial charge in [0, 0.05) is 24.7 Å². The summed E-state index contributed by atoms with van der Waals surface area (Å²) in [5.74, 6) is 1.32. The van der Waals surface area contributed by atoms with Gasteiger partial charge in [-0.05, 0) is 30.9 Å². The van der Waals surface area contributed by atoms with E-state index in [1.54, 1.807) is 0 Å². The van der Waals surface area contributed by atoms with Crippen molar-refractivity contribution in [1.82, 2.24) is 10.3 Å². The number of nitrogens with zero attached hydrogens (tertiary/aromatic N) is 1. The first-order valence-corrected chi connectivity index (χ1v) is 6.36. The molecule has 2 nitrogen and oxygen atoms in total. The second-order valence-electron chi connectivity index (χ2n) is 4.63. The molecule has 0 radical (unpaired) electrons. The van der Waals surface area contributed by atoms with E-state index in [1.165, 1.54) is 5.56 Å². The highest BCUT2D eigenvalue weighted by Gasteiger charge is 2.09. The van der Waals surface area contributed by atoms with Crippen LogP contribution in [0.1, 0.15) is 31.5 Å². The molecule has 0 aliphatic heterocycles. The first-order chi connectivity index (χ1) is 7.63. The molecule has 0 aromatic carbocycles. The zero-order valence-electron chi connectivity index (χ0n) is 10.3. The smallest absolute Gasteiger partial charge is 0.0570 e. The predicted molar refractivity (Wildman–Crippen MR) is 69.8 cm³/mol. The van der Waals surface area contributed by atoms with Crippen molar-refractivity contribution in [1.29, 1.82) is 0 Å². The number of alkyl halides is 1. The number of nitrogens with one attached hydrogen (secondary N) is 1. The average Bonchev–Trinajstić information content (AvgIpc) is 2.25. The number of rotatable bonds is 6. The molecule has 90 valence electrons. The maximum atomic E-state index is 5.93. The van der Waals surface area contributed by atoms with Gasteiger partial charge in [-0.3, -0.25) is 4.98 Å². The molecule has 1 rings (SSSR count). The van der Waals surface area contributed by atoms with E-state index >= 15 is 0 Å². The van der Waals surface area contributed by atoms with Gasteiger partial charge >= 0.3 is 0 Å². The Balaban J connectivity index is 2.46. The van der Waals surface area contributed by atoms with Crippen LogP contribution in [-0.4, -0.2) is 16.9 Å². The predicted octanol–water partition coefficient (Wildman–Crippen LogP) is 3.13. The fraction of sp³-hybridized carbons (Fsp3) is 0.615. The van der Waals surface area contributed by atoms with Crippen LogP contribution in [-0.2, 0) is 6.54 Å². The number of aryl methyl sites for hydroxylation is 1. The van der Waals surface area contributed by atoms with Crippen LogP contribution in [0, 0.1) is 12.8 Å². The zero-order chi connectivity index (χ0) is 12.0. The molecule has 0 amide bonds. The molecule has 0 saturated carbocycles. The lowest BCUT2D eigenvalue weighted by Crippen LogP contribution is -2.32. The third kappa shape index (κ3) is 4.50. The number of hydrogen-bond donors (Lipinski definition) is 1. The Morgan fingerprint density at radius 3 is 2.75 bits per heavy atom. The minimum Gasteiger partial charge on any atom is -0.307 e. The van der Waals surface area contributed by atoms with Gasteiger partial charge in [0.25, 0.3) is 0 Å². The van der Waals surface area contributed by atoms with Gasteiger partial charge in [0.15, 0.2) is 0 Å². The molecule has 1 heterocycles. The van der Waals surface area contributed by atoms with Gasteiger partial charge < -0.3 is 5.32 Å². The highest BCUT2D eigenvalue weighted by molar-refractivity contribution is 6.18. The molecule has 0 fully saturated rings. The zero-order valence-corrected chi connectivity index (χ0v) is 11.1. The van der Waals surface area contributed by atoms with Crippen LogP contribution in [0.25, 0.3) is 0 Å². The van der Waals surface area contributed by atoms with E-state index in [1.807, 2.05) is 12.3 Å². The van der Waals surface area contributed by atoms with Crippen LogP contribution >= 0.6 is 11.6 Å². The van der Waals surface area contributed by atoms with E-state index in [2.05, 4.69) is 37.1 Å². The van der Waals surface area contributed by atoms with E-state index in [-0.39, 0.29) is 0 Å². The number of halogens is 1. The average molecular weight is 241 g/mol. The number of hydrogen-bond acceptors (Lipinski definition) is 2. The quantitative estimate of drug-likeness (QED) is 0.773. The monoisotopic (exact) mass is 240 g/mol. The first kappa shape index (κ1) is 13.5. The molecule has 0 saturated heterocycles. The number of pyridine rings is 1. The van der Waals surface area contributed by atoms with Crippen molar-refractivity contribution in [3.05, 3.63) is 29.6 Å². The van der Waals surface area contributed by atoms with Crippen molar-refractivity contribution in [3.8, 4) is 0 Å². The molecule has 0 spiro atoms. The third-order valence-electron chi connectivity index (χ3n) is 2.62. The molecule has 1 unspecified atom stereocenters. The summed E-state index contributed by atoms with van der Waals surface area (Å²) in [5, 5.41) is 3.46. The highest BCUT2D eigenvalue weighted by atomic mass is 35.5. The molecule has 16 heavy (non-hydrogen) atoms. The summed E-state index contributed by atoms with van der Waals surface area (Å²) in [6.45, 7) is 7.32. The highest BCUT2D eigenvalue weighted by Crippen LogP contribution is 2.08. The molecular weight excluding hydrogens is 220 g/mol. The van der Waals surface area contributed by atoms with Gasteiger partial charge in [-0.1, -0.05) is 19.9 Å². The minimum atomic E-state index is 0.378. The summed E-state index contributed by atoms with van der Waals surface area (Å²) in [4.78, 5) is 4.36. The number of aromatic nitrogens is 1. The second kappa shape index (κ2) is 6.87. The molecule has 1 atom stereocenters. The summed E-state index contributed by atoms with van der Waals surface area (Å²) in [6.07, 6.45) is 2.94. The van der Waals surface area contributed by atoms with Gasteiger partial charge in [-0.25, -0.2) is 0 Å². The largest absolute Gasteiger partial charge is 0.307 e. The third-order valence-corrected chi connectivity index (χ3v) is 2.99. The molecule has 0 bridgehead atoms. The second-order valence-corrected chi connectivity index (χ2v) is 4.94. The maximum absolute atomic E-state index is 5.93. The molecule has 1 aromatic heterocycles. The van der Waals surface area contributed by atoms with Crippen LogP contribution in [0.2, 0.25) is 0 Å². The Kier molecular flexibility index (Phi) is 5.78. The van der Waals surface area contributed by atoms with Gasteiger partial charge in [0.05, 0.1) is 5.69 Å². The Hall–Kier alpha value is -0.600. The Labute approximate surface area is 103 Å². The van der Waals surface area contributed by atoms with Crippen molar-refractivity contribution in [2.75, 3.05) is 5.88 Å². The molecule has 3 heteroatoms. The standard InChI is InChI=1S/C13H21ClN2/c1-10(2)7-12(8-14)16-9-13-11(3)5-4-6-15-13/h4-6,10,12,16H,7-9H2,1-3H3. The van der Waals surface area contributed by atoms with E-state index < -0.39 is 0 Å². The van der Waals surface area contributed by atoms with Crippen LogP contribution in [0.5, 0.6) is 0 Å². The lowest BCUT2D eigenvalue weighted by Gasteiger charge is -2.18. The molecule has 0 aliphatic rings. The fourth-order valence-electron chi connectivity index (χ4n) is 1.71. The van der Waals surface area contributed by atoms with Gasteiger partial charge in [-0.2, -0.15) is 0 Å². The van der Waals surface area contributed by atoms with Gasteiger partial charge in [-0.15, -0.1) is 11.6 Å². The van der Waals surface area contributed by atoms with E-state index in [9.17, 15) is 0 Å². The summed E-state index contributed by atoms with van der Waals surface area (Å²) in [6, 6.07) is 4.43. The summed E-state index contributed by atoms with van der Waals surface area (Å²) >= 11 is 5.93. The van der Waals surface area contributed by atoms with Crippen LogP contribution in [0.4, 0.5) is 0 Å². The Morgan fingerprint density at radius 2 is 2.19 bits per heavy atom.